The van der Waals surface area contributed by atoms with Crippen LogP contribution < -0.4 is 0 Å². The van der Waals surface area contributed by atoms with Gasteiger partial charge in [0.05, 0.1) is 39.6 Å². The van der Waals surface area contributed by atoms with Crippen molar-refractivity contribution in [1.29, 1.82) is 0 Å². The van der Waals surface area contributed by atoms with Crippen LogP contribution in [0.1, 0.15) is 74.7 Å². The highest BCUT2D eigenvalue weighted by Gasteiger charge is 2.43. The predicted molar refractivity (Wildman–Crippen MR) is 163 cm³/mol. The average Bonchev–Trinajstić information content (AvgIpc) is 2.91. The Hall–Kier alpha value is -2.61. The normalized spacial score (nSPS) is 11.3. The molecule has 9 N–H and O–H groups in total. The molecule has 0 aliphatic heterocycles. The lowest BCUT2D eigenvalue weighted by Gasteiger charge is -2.44. The zero-order valence-electron chi connectivity index (χ0n) is 26.8. The fourth-order valence-corrected chi connectivity index (χ4v) is 2.91. The van der Waals surface area contributed by atoms with Crippen LogP contribution in [0.4, 0.5) is 0 Å². The van der Waals surface area contributed by atoms with Gasteiger partial charge in [0.1, 0.15) is 0 Å². The predicted octanol–water partition coefficient (Wildman–Crippen LogP) is 2.71. The molecule has 0 aromatic heterocycles. The van der Waals surface area contributed by atoms with Gasteiger partial charge in [0.25, 0.3) is 0 Å². The molecule has 0 amide bonds. The molecule has 0 aromatic carbocycles. The molecule has 12 heteroatoms. The summed E-state index contributed by atoms with van der Waals surface area (Å²) in [6.45, 7) is 23.0. The molecule has 0 fully saturated rings. The smallest absolute Gasteiger partial charge is 0.330 e. The zero-order chi connectivity index (χ0) is 34.9. The molecule has 0 aliphatic carbocycles. The Morgan fingerprint density at radius 1 is 0.595 bits per heavy atom. The standard InChI is InChI=1S/C12H26O3.C6H14O3.3C4H6O2/c1-5-6-10(11(2,3)4)12(7-13,8-14)9-15;1-2-6(3-7,4-8)5-9;3*1-3(2)4(5)6/h10,13-15H,5-9H2,1-4H3;7-9H,2-5H2,1H3;3*1H2,2H3,(H,5,6). The summed E-state index contributed by atoms with van der Waals surface area (Å²) in [4.78, 5) is 28.8. The minimum atomic E-state index is -0.935. The maximum atomic E-state index is 9.60. The largest absolute Gasteiger partial charge is 0.478 e. The van der Waals surface area contributed by atoms with Gasteiger partial charge < -0.3 is 46.0 Å². The highest BCUT2D eigenvalue weighted by molar-refractivity contribution is 5.85. The number of hydrogen-bond donors (Lipinski definition) is 9. The Morgan fingerprint density at radius 2 is 0.833 bits per heavy atom. The first-order chi connectivity index (χ1) is 19.0. The number of carboxylic acids is 3. The first-order valence-electron chi connectivity index (χ1n) is 13.4. The molecule has 0 aromatic rings. The van der Waals surface area contributed by atoms with Crippen molar-refractivity contribution in [3.05, 3.63) is 36.5 Å². The molecule has 0 bridgehead atoms. The summed E-state index contributed by atoms with van der Waals surface area (Å²) in [7, 11) is 0. The van der Waals surface area contributed by atoms with E-state index in [0.717, 1.165) is 12.8 Å². The van der Waals surface area contributed by atoms with Crippen LogP contribution in [0.5, 0.6) is 0 Å². The van der Waals surface area contributed by atoms with Crippen molar-refractivity contribution in [3.63, 3.8) is 0 Å². The SMILES string of the molecule is C=C(C)C(=O)O.C=C(C)C(=O)O.C=C(C)C(=O)O.CCC(CO)(CO)CO.CCCC(C(C)(C)C)C(CO)(CO)CO. The molecule has 0 heterocycles. The lowest BCUT2D eigenvalue weighted by atomic mass is 9.63. The molecule has 1 unspecified atom stereocenters. The molecule has 0 saturated heterocycles. The maximum Gasteiger partial charge on any atom is 0.330 e. The third-order valence-electron chi connectivity index (χ3n) is 6.16. The van der Waals surface area contributed by atoms with Crippen molar-refractivity contribution >= 4 is 17.9 Å². The van der Waals surface area contributed by atoms with Crippen LogP contribution in [0.2, 0.25) is 0 Å². The van der Waals surface area contributed by atoms with Crippen molar-refractivity contribution in [2.75, 3.05) is 39.6 Å². The minimum Gasteiger partial charge on any atom is -0.478 e. The van der Waals surface area contributed by atoms with Crippen LogP contribution in [0.25, 0.3) is 0 Å². The van der Waals surface area contributed by atoms with E-state index >= 15 is 0 Å². The van der Waals surface area contributed by atoms with Gasteiger partial charge in [-0.1, -0.05) is 60.8 Å². The van der Waals surface area contributed by atoms with Gasteiger partial charge in [-0.2, -0.15) is 0 Å². The molecule has 0 aliphatic rings. The molecule has 0 saturated carbocycles. The summed E-state index contributed by atoms with van der Waals surface area (Å²) in [5.41, 5.74) is -0.918. The summed E-state index contributed by atoms with van der Waals surface area (Å²) in [5, 5.41) is 77.9. The summed E-state index contributed by atoms with van der Waals surface area (Å²) in [6.07, 6.45) is 2.49. The van der Waals surface area contributed by atoms with E-state index in [1.54, 1.807) is 0 Å². The van der Waals surface area contributed by atoms with Crippen LogP contribution >= 0.6 is 0 Å². The monoisotopic (exact) mass is 610 g/mol. The fourth-order valence-electron chi connectivity index (χ4n) is 2.91. The molecular weight excluding hydrogens is 552 g/mol. The summed E-state index contributed by atoms with van der Waals surface area (Å²) in [6, 6.07) is 0. The first-order valence-corrected chi connectivity index (χ1v) is 13.4. The molecule has 0 spiro atoms. The number of aliphatic hydroxyl groups excluding tert-OH is 6. The lowest BCUT2D eigenvalue weighted by Crippen LogP contribution is -2.47. The van der Waals surface area contributed by atoms with Crippen LogP contribution in [0, 0.1) is 22.2 Å². The van der Waals surface area contributed by atoms with E-state index in [0.29, 0.717) is 6.42 Å². The van der Waals surface area contributed by atoms with Crippen LogP contribution in [0.3, 0.4) is 0 Å². The van der Waals surface area contributed by atoms with Gasteiger partial charge in [0.15, 0.2) is 0 Å². The molecule has 0 rings (SSSR count). The third-order valence-corrected chi connectivity index (χ3v) is 6.16. The summed E-state index contributed by atoms with van der Waals surface area (Å²) in [5.74, 6) is -2.69. The summed E-state index contributed by atoms with van der Waals surface area (Å²) >= 11 is 0. The Labute approximate surface area is 251 Å². The van der Waals surface area contributed by atoms with Gasteiger partial charge in [-0.15, -0.1) is 0 Å². The van der Waals surface area contributed by atoms with Crippen LogP contribution in [0.15, 0.2) is 36.5 Å². The Bertz CT molecular complexity index is 670. The highest BCUT2D eigenvalue weighted by Crippen LogP contribution is 2.42. The number of aliphatic carboxylic acids is 3. The van der Waals surface area contributed by atoms with Crippen molar-refractivity contribution in [1.82, 2.24) is 0 Å². The van der Waals surface area contributed by atoms with Crippen molar-refractivity contribution < 1.29 is 60.3 Å². The molecular formula is C30H58O12. The number of hydrogen-bond acceptors (Lipinski definition) is 9. The number of carboxylic acid groups (broad SMARTS) is 3. The van der Waals surface area contributed by atoms with E-state index in [1.807, 2.05) is 6.92 Å². The van der Waals surface area contributed by atoms with E-state index in [9.17, 15) is 29.7 Å². The van der Waals surface area contributed by atoms with E-state index in [1.165, 1.54) is 20.8 Å². The van der Waals surface area contributed by atoms with Gasteiger partial charge >= 0.3 is 17.9 Å². The number of carbonyl (C=O) groups is 3. The number of aliphatic hydroxyl groups is 6. The topological polar surface area (TPSA) is 233 Å². The molecule has 42 heavy (non-hydrogen) atoms. The second-order valence-electron chi connectivity index (χ2n) is 11.1. The molecule has 1 atom stereocenters. The first kappa shape index (κ1) is 49.1. The molecule has 12 nitrogen and oxygen atoms in total. The fraction of sp³-hybridized carbons (Fsp3) is 0.700. The van der Waals surface area contributed by atoms with E-state index in [-0.39, 0.29) is 67.7 Å². The van der Waals surface area contributed by atoms with E-state index in [2.05, 4.69) is 47.4 Å². The van der Waals surface area contributed by atoms with E-state index in [4.69, 9.17) is 30.6 Å². The Morgan fingerprint density at radius 3 is 0.905 bits per heavy atom. The van der Waals surface area contributed by atoms with Gasteiger partial charge in [-0.05, 0) is 44.9 Å². The average molecular weight is 611 g/mol. The summed E-state index contributed by atoms with van der Waals surface area (Å²) < 4.78 is 0. The van der Waals surface area contributed by atoms with Gasteiger partial charge in [0, 0.05) is 27.5 Å². The van der Waals surface area contributed by atoms with Crippen LogP contribution in [-0.4, -0.2) is 104 Å². The third kappa shape index (κ3) is 24.0. The van der Waals surface area contributed by atoms with Gasteiger partial charge in [-0.3, -0.25) is 0 Å². The minimum absolute atomic E-state index is 0.0236. The molecule has 0 radical (unpaired) electrons. The van der Waals surface area contributed by atoms with Gasteiger partial charge in [0.2, 0.25) is 0 Å². The quantitative estimate of drug-likeness (QED) is 0.137. The van der Waals surface area contributed by atoms with Crippen molar-refractivity contribution in [2.24, 2.45) is 22.2 Å². The maximum absolute atomic E-state index is 9.60. The van der Waals surface area contributed by atoms with Crippen molar-refractivity contribution in [3.8, 4) is 0 Å². The Kier molecular flexibility index (Phi) is 30.4. The van der Waals surface area contributed by atoms with E-state index < -0.39 is 28.7 Å². The second-order valence-corrected chi connectivity index (χ2v) is 11.1. The zero-order valence-corrected chi connectivity index (χ0v) is 26.8. The lowest BCUT2D eigenvalue weighted by molar-refractivity contribution is -0.133. The second kappa shape index (κ2) is 26.1. The Balaban J connectivity index is -0.000000145. The highest BCUT2D eigenvalue weighted by atomic mass is 16.4. The van der Waals surface area contributed by atoms with Crippen LogP contribution in [-0.2, 0) is 14.4 Å². The van der Waals surface area contributed by atoms with Gasteiger partial charge in [-0.25, -0.2) is 14.4 Å². The van der Waals surface area contributed by atoms with Crippen molar-refractivity contribution in [2.45, 2.75) is 74.7 Å². The molecule has 250 valence electrons. The number of rotatable bonds is 13.